The quantitative estimate of drug-likeness (QED) is 0.798. The van der Waals surface area contributed by atoms with Gasteiger partial charge in [-0.15, -0.1) is 23.5 Å². The van der Waals surface area contributed by atoms with Gasteiger partial charge in [0, 0.05) is 18.2 Å². The number of rotatable bonds is 4. The molecule has 1 unspecified atom stereocenters. The Bertz CT molecular complexity index is 498. The summed E-state index contributed by atoms with van der Waals surface area (Å²) < 4.78 is 5.32. The normalized spacial score (nSPS) is 29.3. The molecule has 0 bridgehead atoms. The lowest BCUT2D eigenvalue weighted by Gasteiger charge is -2.54. The first-order valence-corrected chi connectivity index (χ1v) is 8.73. The van der Waals surface area contributed by atoms with Crippen LogP contribution in [-0.2, 0) is 14.3 Å². The molecule has 1 fully saturated rings. The fourth-order valence-electron chi connectivity index (χ4n) is 2.82. The number of carbonyl (C=O) groups excluding carboxylic acids is 1. The summed E-state index contributed by atoms with van der Waals surface area (Å²) in [6, 6.07) is 0. The Labute approximate surface area is 133 Å². The summed E-state index contributed by atoms with van der Waals surface area (Å²) in [6.45, 7) is 8.22. The Kier molecular flexibility index (Phi) is 4.66. The highest BCUT2D eigenvalue weighted by Gasteiger charge is 2.55. The number of amides is 1. The Morgan fingerprint density at radius 1 is 1.48 bits per heavy atom. The molecule has 0 aliphatic carbocycles. The topological polar surface area (TPSA) is 66.8 Å². The molecular weight excluding hydrogens is 310 g/mol. The van der Waals surface area contributed by atoms with Crippen molar-refractivity contribution < 1.29 is 19.4 Å². The maximum atomic E-state index is 12.3. The van der Waals surface area contributed by atoms with Crippen LogP contribution in [0.5, 0.6) is 0 Å². The van der Waals surface area contributed by atoms with Gasteiger partial charge in [-0.3, -0.25) is 14.5 Å². The van der Waals surface area contributed by atoms with Gasteiger partial charge in [-0.1, -0.05) is 20.8 Å². The molecule has 21 heavy (non-hydrogen) atoms. The molecule has 0 aromatic heterocycles. The Balaban J connectivity index is 2.33. The maximum absolute atomic E-state index is 12.3. The molecule has 2 rings (SSSR count). The van der Waals surface area contributed by atoms with Crippen LogP contribution in [0, 0.1) is 5.41 Å². The van der Waals surface area contributed by atoms with Gasteiger partial charge in [0.25, 0.3) is 5.91 Å². The van der Waals surface area contributed by atoms with Crippen LogP contribution >= 0.6 is 23.5 Å². The predicted octanol–water partition coefficient (Wildman–Crippen LogP) is 2.38. The molecule has 7 heteroatoms. The second-order valence-corrected chi connectivity index (χ2v) is 8.83. The first-order valence-electron chi connectivity index (χ1n) is 6.74. The van der Waals surface area contributed by atoms with Gasteiger partial charge in [0.2, 0.25) is 0 Å². The third kappa shape index (κ3) is 2.96. The lowest BCUT2D eigenvalue weighted by atomic mass is 9.85. The predicted molar refractivity (Wildman–Crippen MR) is 85.1 cm³/mol. The molecule has 118 valence electrons. The number of carboxylic acids is 1. The molecular formula is C14H21NO4S2. The standard InChI is InChI=1S/C14H21NO4S2/c1-7-10(14(2,3)4)15-11(18)9(19-5)12(15)21-13(7)20-6-8(16)17/h9,12-13H,6H2,1-5H3,(H,16,17)/t9-,12+,13?/m0/s1. The summed E-state index contributed by atoms with van der Waals surface area (Å²) in [5.41, 5.74) is 1.92. The second-order valence-electron chi connectivity index (χ2n) is 6.21. The minimum atomic E-state index is -0.818. The summed E-state index contributed by atoms with van der Waals surface area (Å²) in [6.07, 6.45) is -0.423. The Morgan fingerprint density at radius 3 is 2.57 bits per heavy atom. The molecule has 0 aromatic rings. The average molecular weight is 331 g/mol. The van der Waals surface area contributed by atoms with Crippen molar-refractivity contribution in [2.45, 2.75) is 43.8 Å². The third-order valence-corrected chi connectivity index (χ3v) is 6.70. The zero-order chi connectivity index (χ0) is 15.9. The Hall–Kier alpha value is -0.660. The minimum Gasteiger partial charge on any atom is -0.481 e. The lowest BCUT2D eigenvalue weighted by Crippen LogP contribution is -2.66. The second kappa shape index (κ2) is 5.85. The maximum Gasteiger partial charge on any atom is 0.313 e. The summed E-state index contributed by atoms with van der Waals surface area (Å²) in [7, 11) is 1.54. The van der Waals surface area contributed by atoms with Gasteiger partial charge in [-0.2, -0.15) is 0 Å². The molecule has 3 atom stereocenters. The Morgan fingerprint density at radius 2 is 2.10 bits per heavy atom. The third-order valence-electron chi connectivity index (χ3n) is 3.55. The zero-order valence-electron chi connectivity index (χ0n) is 12.9. The number of allylic oxidation sites excluding steroid dienone is 1. The van der Waals surface area contributed by atoms with Gasteiger partial charge in [-0.25, -0.2) is 0 Å². The van der Waals surface area contributed by atoms with Gasteiger partial charge in [0.1, 0.15) is 5.37 Å². The average Bonchev–Trinajstić information content (AvgIpc) is 2.36. The number of β-lactam (4-membered cyclic amide) rings is 1. The first kappa shape index (κ1) is 16.7. The van der Waals surface area contributed by atoms with Crippen molar-refractivity contribution in [1.29, 1.82) is 0 Å². The number of carbonyl (C=O) groups is 2. The van der Waals surface area contributed by atoms with E-state index in [1.165, 1.54) is 11.8 Å². The first-order chi connectivity index (χ1) is 9.68. The van der Waals surface area contributed by atoms with Gasteiger partial charge in [0.15, 0.2) is 6.10 Å². The summed E-state index contributed by atoms with van der Waals surface area (Å²) in [5.74, 6) is -0.757. The fourth-order valence-corrected chi connectivity index (χ4v) is 5.60. The van der Waals surface area contributed by atoms with Crippen LogP contribution in [0.4, 0.5) is 0 Å². The van der Waals surface area contributed by atoms with E-state index in [0.717, 1.165) is 11.3 Å². The van der Waals surface area contributed by atoms with Crippen LogP contribution in [0.15, 0.2) is 11.3 Å². The van der Waals surface area contributed by atoms with Gasteiger partial charge >= 0.3 is 5.97 Å². The van der Waals surface area contributed by atoms with Crippen LogP contribution < -0.4 is 0 Å². The summed E-state index contributed by atoms with van der Waals surface area (Å²) >= 11 is 3.01. The largest absolute Gasteiger partial charge is 0.481 e. The van der Waals surface area contributed by atoms with Crippen molar-refractivity contribution in [3.05, 3.63) is 11.3 Å². The number of nitrogens with zero attached hydrogens (tertiary/aromatic N) is 1. The van der Waals surface area contributed by atoms with E-state index in [1.807, 2.05) is 11.8 Å². The highest BCUT2D eigenvalue weighted by molar-refractivity contribution is 8.17. The fraction of sp³-hybridized carbons (Fsp3) is 0.714. The van der Waals surface area contributed by atoms with Crippen LogP contribution in [0.2, 0.25) is 0 Å². The SMILES string of the molecule is CO[C@H]1C(=O)N2C(C(C)(C)C)=C(C)C(SCC(=O)O)S[C@H]12. The van der Waals surface area contributed by atoms with Crippen LogP contribution in [0.25, 0.3) is 0 Å². The van der Waals surface area contributed by atoms with E-state index in [1.54, 1.807) is 18.9 Å². The number of methoxy groups -OCH3 is 1. The van der Waals surface area contributed by atoms with E-state index in [9.17, 15) is 9.59 Å². The number of thioether (sulfide) groups is 2. The molecule has 2 aliphatic rings. The van der Waals surface area contributed by atoms with Gasteiger partial charge in [-0.05, 0) is 12.5 Å². The highest BCUT2D eigenvalue weighted by Crippen LogP contribution is 2.52. The van der Waals surface area contributed by atoms with Crippen LogP contribution in [0.1, 0.15) is 27.7 Å². The highest BCUT2D eigenvalue weighted by atomic mass is 32.2. The summed E-state index contributed by atoms with van der Waals surface area (Å²) in [5, 5.41) is 8.84. The van der Waals surface area contributed by atoms with E-state index >= 15 is 0 Å². The van der Waals surface area contributed by atoms with Crippen molar-refractivity contribution in [1.82, 2.24) is 4.90 Å². The van der Waals surface area contributed by atoms with Crippen molar-refractivity contribution in [2.75, 3.05) is 12.9 Å². The van der Waals surface area contributed by atoms with Crippen molar-refractivity contribution in [3.63, 3.8) is 0 Å². The van der Waals surface area contributed by atoms with Crippen LogP contribution in [-0.4, -0.2) is 50.8 Å². The van der Waals surface area contributed by atoms with E-state index in [2.05, 4.69) is 20.8 Å². The van der Waals surface area contributed by atoms with Crippen molar-refractivity contribution in [2.24, 2.45) is 5.41 Å². The molecule has 0 radical (unpaired) electrons. The molecule has 1 amide bonds. The molecule has 0 aromatic carbocycles. The minimum absolute atomic E-state index is 0.000889. The van der Waals surface area contributed by atoms with E-state index in [-0.39, 0.29) is 27.0 Å². The van der Waals surface area contributed by atoms with Crippen LogP contribution in [0.3, 0.4) is 0 Å². The monoisotopic (exact) mass is 331 g/mol. The number of aliphatic carboxylic acids is 1. The molecule has 1 N–H and O–H groups in total. The molecule has 0 spiro atoms. The zero-order valence-corrected chi connectivity index (χ0v) is 14.5. The van der Waals surface area contributed by atoms with Crippen molar-refractivity contribution >= 4 is 35.4 Å². The van der Waals surface area contributed by atoms with Gasteiger partial charge in [0.05, 0.1) is 10.3 Å². The van der Waals surface area contributed by atoms with Gasteiger partial charge < -0.3 is 9.84 Å². The molecule has 2 heterocycles. The number of ether oxygens (including phenoxy) is 1. The lowest BCUT2D eigenvalue weighted by molar-refractivity contribution is -0.160. The number of hydrogen-bond donors (Lipinski definition) is 1. The summed E-state index contributed by atoms with van der Waals surface area (Å²) in [4.78, 5) is 24.9. The molecule has 5 nitrogen and oxygen atoms in total. The molecule has 0 saturated carbocycles. The number of carboxylic acid groups (broad SMARTS) is 1. The van der Waals surface area contributed by atoms with E-state index in [4.69, 9.17) is 9.84 Å². The number of fused-ring (bicyclic) bond motifs is 1. The molecule has 1 saturated heterocycles. The number of hydrogen-bond acceptors (Lipinski definition) is 5. The van der Waals surface area contributed by atoms with Crippen molar-refractivity contribution in [3.8, 4) is 0 Å². The van der Waals surface area contributed by atoms with E-state index in [0.29, 0.717) is 0 Å². The smallest absolute Gasteiger partial charge is 0.313 e. The molecule has 2 aliphatic heterocycles. The van der Waals surface area contributed by atoms with E-state index < -0.39 is 12.1 Å².